The summed E-state index contributed by atoms with van der Waals surface area (Å²) < 4.78 is 88.6. The molecule has 2 saturated heterocycles. The summed E-state index contributed by atoms with van der Waals surface area (Å²) in [5.74, 6) is 7.78. The van der Waals surface area contributed by atoms with Crippen LogP contribution in [-0.2, 0) is 21.8 Å². The number of halogens is 7. The first kappa shape index (κ1) is 59.3. The van der Waals surface area contributed by atoms with Crippen LogP contribution in [0.4, 0.5) is 49.4 Å². The van der Waals surface area contributed by atoms with Crippen LogP contribution in [-0.4, -0.2) is 107 Å². The fraction of sp³-hybridized carbons (Fsp3) is 0.309. The van der Waals surface area contributed by atoms with Crippen molar-refractivity contribution in [3.8, 4) is 46.4 Å². The fourth-order valence-electron chi connectivity index (χ4n) is 7.34. The number of hydrogen-bond donors (Lipinski definition) is 4. The maximum absolute atomic E-state index is 13.0. The zero-order valence-corrected chi connectivity index (χ0v) is 41.7. The van der Waals surface area contributed by atoms with E-state index in [-0.39, 0.29) is 18.6 Å². The standard InChI is InChI=1S/C27H25F3N4O3.C23H20ClF3N4O2.C4H6O.CH4/c1-17-3-5-22(33-26(36)19-7-8-31-24(14-19)27(28,29)30)16-23(17)20-13-21(6-4-18(2)35)32-25(15-20)34-9-11-37-12-10-34;1-14-2-3-17(29-22(32)15-4-5-28-19(10-15)23(25,26)27)13-18(14)16-11-20(24)30-21(12-16)31-6-8-33-9-7-31;1-3-4(2)5;/h3,5,7-8,13-16,18,35H,9-12H2,1-2H3,(H,33,36);2-5,10-13H,6-9H2,1H3,(H,29,32);1,4-5H,2H3;1H4/t18-;;4-;/m1.1./s1. The van der Waals surface area contributed by atoms with Crippen LogP contribution in [0.3, 0.4) is 0 Å². The third-order valence-electron chi connectivity index (χ3n) is 11.2. The van der Waals surface area contributed by atoms with Gasteiger partial charge in [0.25, 0.3) is 11.8 Å². The Balaban J connectivity index is 0.000000256. The van der Waals surface area contributed by atoms with Gasteiger partial charge in [-0.1, -0.05) is 43.0 Å². The van der Waals surface area contributed by atoms with Gasteiger partial charge in [-0.3, -0.25) is 19.6 Å². The van der Waals surface area contributed by atoms with Gasteiger partial charge in [0, 0.05) is 61.1 Å². The number of nitrogens with zero attached hydrogens (tertiary/aromatic N) is 6. The van der Waals surface area contributed by atoms with Gasteiger partial charge in [-0.15, -0.1) is 6.42 Å². The molecule has 0 unspecified atom stereocenters. The molecule has 4 aromatic heterocycles. The van der Waals surface area contributed by atoms with Gasteiger partial charge >= 0.3 is 12.4 Å². The number of ether oxygens (including phenoxy) is 2. The molecule has 0 radical (unpaired) electrons. The summed E-state index contributed by atoms with van der Waals surface area (Å²) in [6, 6.07) is 21.8. The molecule has 2 atom stereocenters. The van der Waals surface area contributed by atoms with Crippen LogP contribution in [0.25, 0.3) is 22.3 Å². The molecule has 8 rings (SSSR count). The van der Waals surface area contributed by atoms with Crippen LogP contribution in [0, 0.1) is 38.0 Å². The zero-order chi connectivity index (χ0) is 54.5. The van der Waals surface area contributed by atoms with Gasteiger partial charge in [-0.05, 0) is 140 Å². The molecular weight excluding hydrogens is 1020 g/mol. The molecule has 6 aromatic rings. The monoisotopic (exact) mass is 1070 g/mol. The Morgan fingerprint density at radius 3 is 1.49 bits per heavy atom. The number of carbonyl (C=O) groups excluding carboxylic acids is 2. The molecule has 2 aliphatic rings. The van der Waals surface area contributed by atoms with E-state index in [2.05, 4.69) is 64.6 Å². The first-order valence-corrected chi connectivity index (χ1v) is 23.6. The maximum atomic E-state index is 13.0. The summed E-state index contributed by atoms with van der Waals surface area (Å²) in [6.07, 6.45) is -4.10. The number of aliphatic hydroxyl groups is 2. The largest absolute Gasteiger partial charge is 0.433 e. The average Bonchev–Trinajstić information content (AvgIpc) is 3.39. The zero-order valence-electron chi connectivity index (χ0n) is 41.0. The van der Waals surface area contributed by atoms with Crippen molar-refractivity contribution in [2.75, 3.05) is 73.0 Å². The van der Waals surface area contributed by atoms with E-state index in [0.717, 1.165) is 63.7 Å². The van der Waals surface area contributed by atoms with Crippen molar-refractivity contribution in [3.63, 3.8) is 0 Å². The highest BCUT2D eigenvalue weighted by Crippen LogP contribution is 2.34. The number of aliphatic hydroxyl groups excluding tert-OH is 2. The molecule has 14 nitrogen and oxygen atoms in total. The van der Waals surface area contributed by atoms with Crippen LogP contribution in [0.1, 0.15) is 70.2 Å². The molecular formula is C55H55ClF6N8O6. The smallest absolute Gasteiger partial charge is 0.381 e. The Labute approximate surface area is 441 Å². The number of amides is 2. The predicted octanol–water partition coefficient (Wildman–Crippen LogP) is 10.1. The lowest BCUT2D eigenvalue weighted by molar-refractivity contribution is -0.142. The SMILES string of the molecule is C.C#C[C@@H](C)O.Cc1ccc(NC(=O)c2ccnc(C(F)(F)F)c2)cc1-c1cc(C#C[C@@H](C)O)nc(N2CCOCC2)c1.Cc1ccc(NC(=O)c2ccnc(C(F)(F)F)c2)cc1-c1cc(Cl)nc(N2CCOCC2)c1. The highest BCUT2D eigenvalue weighted by Gasteiger charge is 2.34. The molecule has 2 fully saturated rings. The third kappa shape index (κ3) is 17.0. The number of benzene rings is 2. The molecule has 2 aliphatic heterocycles. The van der Waals surface area contributed by atoms with Gasteiger partial charge < -0.3 is 40.1 Å². The number of nitrogens with one attached hydrogen (secondary N) is 2. The second-order valence-corrected chi connectivity index (χ2v) is 17.3. The number of aromatic nitrogens is 4. The van der Waals surface area contributed by atoms with Gasteiger partial charge in [0.05, 0.1) is 26.4 Å². The number of hydrogen-bond acceptors (Lipinski definition) is 12. The lowest BCUT2D eigenvalue weighted by Gasteiger charge is -2.28. The summed E-state index contributed by atoms with van der Waals surface area (Å²) in [4.78, 5) is 45.1. The lowest BCUT2D eigenvalue weighted by Crippen LogP contribution is -2.36. The van der Waals surface area contributed by atoms with E-state index in [4.69, 9.17) is 26.2 Å². The highest BCUT2D eigenvalue weighted by molar-refractivity contribution is 6.29. The molecule has 0 saturated carbocycles. The fourth-order valence-corrected chi connectivity index (χ4v) is 7.55. The van der Waals surface area contributed by atoms with Crippen molar-refractivity contribution in [3.05, 3.63) is 142 Å². The molecule has 4 N–H and O–H groups in total. The quantitative estimate of drug-likeness (QED) is 0.0646. The molecule has 0 bridgehead atoms. The summed E-state index contributed by atoms with van der Waals surface area (Å²) in [6.45, 7) is 12.0. The number of alkyl halides is 6. The second-order valence-electron chi connectivity index (χ2n) is 16.9. The predicted molar refractivity (Wildman–Crippen MR) is 280 cm³/mol. The average molecular weight is 1070 g/mol. The van der Waals surface area contributed by atoms with E-state index < -0.39 is 47.8 Å². The van der Waals surface area contributed by atoms with E-state index in [0.29, 0.717) is 80.6 Å². The summed E-state index contributed by atoms with van der Waals surface area (Å²) in [7, 11) is 0. The number of terminal acetylenes is 1. The van der Waals surface area contributed by atoms with Gasteiger partial charge in [0.1, 0.15) is 46.1 Å². The Hall–Kier alpha value is -7.59. The van der Waals surface area contributed by atoms with Gasteiger partial charge in [0.15, 0.2) is 0 Å². The van der Waals surface area contributed by atoms with Crippen molar-refractivity contribution in [2.45, 2.75) is 59.7 Å². The number of carbonyl (C=O) groups is 2. The van der Waals surface area contributed by atoms with Crippen molar-refractivity contribution in [1.29, 1.82) is 0 Å². The minimum absolute atomic E-state index is 0. The number of pyridine rings is 4. The summed E-state index contributed by atoms with van der Waals surface area (Å²) in [5.41, 5.74) is 3.84. The highest BCUT2D eigenvalue weighted by atomic mass is 35.5. The second kappa shape index (κ2) is 26.8. The van der Waals surface area contributed by atoms with Crippen LogP contribution in [0.5, 0.6) is 0 Å². The van der Waals surface area contributed by atoms with E-state index in [9.17, 15) is 41.0 Å². The third-order valence-corrected chi connectivity index (χ3v) is 11.3. The topological polar surface area (TPSA) is 175 Å². The Kier molecular flexibility index (Phi) is 20.9. The van der Waals surface area contributed by atoms with E-state index in [1.54, 1.807) is 50.2 Å². The molecule has 2 aromatic carbocycles. The molecule has 0 aliphatic carbocycles. The molecule has 2 amide bonds. The molecule has 21 heteroatoms. The summed E-state index contributed by atoms with van der Waals surface area (Å²) in [5, 5.41) is 23.4. The number of anilines is 4. The van der Waals surface area contributed by atoms with Crippen molar-refractivity contribution in [1.82, 2.24) is 19.9 Å². The van der Waals surface area contributed by atoms with E-state index in [1.165, 1.54) is 12.1 Å². The number of rotatable bonds is 8. The molecule has 6 heterocycles. The van der Waals surface area contributed by atoms with Crippen LogP contribution in [0.2, 0.25) is 5.15 Å². The Bertz CT molecular complexity index is 3090. The first-order valence-electron chi connectivity index (χ1n) is 23.2. The Morgan fingerprint density at radius 1 is 0.658 bits per heavy atom. The molecule has 0 spiro atoms. The molecule has 76 heavy (non-hydrogen) atoms. The van der Waals surface area contributed by atoms with Crippen LogP contribution < -0.4 is 20.4 Å². The number of aryl methyl sites for hydroxylation is 2. The van der Waals surface area contributed by atoms with Gasteiger partial charge in [-0.25, -0.2) is 9.97 Å². The van der Waals surface area contributed by atoms with Gasteiger partial charge in [0.2, 0.25) is 0 Å². The van der Waals surface area contributed by atoms with Crippen molar-refractivity contribution >= 4 is 46.4 Å². The molecule has 400 valence electrons. The summed E-state index contributed by atoms with van der Waals surface area (Å²) >= 11 is 6.29. The Morgan fingerprint density at radius 2 is 1.08 bits per heavy atom. The van der Waals surface area contributed by atoms with E-state index in [1.807, 2.05) is 38.1 Å². The van der Waals surface area contributed by atoms with Gasteiger partial charge in [-0.2, -0.15) is 26.3 Å². The normalized spacial score (nSPS) is 14.1. The van der Waals surface area contributed by atoms with Crippen LogP contribution in [0.15, 0.2) is 97.3 Å². The maximum Gasteiger partial charge on any atom is 0.433 e. The lowest BCUT2D eigenvalue weighted by atomic mass is 9.99. The first-order chi connectivity index (χ1) is 35.6. The van der Waals surface area contributed by atoms with Crippen LogP contribution >= 0.6 is 11.6 Å². The van der Waals surface area contributed by atoms with Crippen molar-refractivity contribution < 1.29 is 55.6 Å². The van der Waals surface area contributed by atoms with E-state index >= 15 is 0 Å². The minimum atomic E-state index is -4.65. The minimum Gasteiger partial charge on any atom is -0.381 e. The van der Waals surface area contributed by atoms with Crippen molar-refractivity contribution in [2.24, 2.45) is 0 Å². The number of morpholine rings is 2.